The number of furan rings is 2. The summed E-state index contributed by atoms with van der Waals surface area (Å²) in [4.78, 5) is 12.2. The third kappa shape index (κ3) is 4.62. The van der Waals surface area contributed by atoms with Gasteiger partial charge in [0.15, 0.2) is 0 Å². The molecule has 0 saturated carbocycles. The maximum absolute atomic E-state index is 12.2. The molecule has 3 rings (SSSR count). The van der Waals surface area contributed by atoms with Gasteiger partial charge in [0.1, 0.15) is 11.5 Å². The first-order valence-electron chi connectivity index (χ1n) is 7.97. The predicted molar refractivity (Wildman–Crippen MR) is 93.9 cm³/mol. The molecule has 0 atom stereocenters. The standard InChI is InChI=1S/C18H18N2O5S/c21-18(19-10-9-15-3-1-11-24-15)14-5-7-17(8-6-14)26(22,23)20-13-16-4-2-12-25-16/h1-8,11-12,20H,9-10,13H2,(H,19,21). The van der Waals surface area contributed by atoms with Crippen LogP contribution in [-0.4, -0.2) is 20.9 Å². The fraction of sp³-hybridized carbons (Fsp3) is 0.167. The van der Waals surface area contributed by atoms with Crippen LogP contribution >= 0.6 is 0 Å². The van der Waals surface area contributed by atoms with Gasteiger partial charge in [-0.15, -0.1) is 0 Å². The molecule has 0 radical (unpaired) electrons. The molecule has 26 heavy (non-hydrogen) atoms. The lowest BCUT2D eigenvalue weighted by atomic mass is 10.2. The second-order valence-electron chi connectivity index (χ2n) is 5.51. The van der Waals surface area contributed by atoms with E-state index in [1.165, 1.54) is 30.5 Å². The summed E-state index contributed by atoms with van der Waals surface area (Å²) in [6.45, 7) is 0.488. The number of benzene rings is 1. The topological polar surface area (TPSA) is 102 Å². The summed E-state index contributed by atoms with van der Waals surface area (Å²) in [6.07, 6.45) is 3.64. The van der Waals surface area contributed by atoms with Crippen molar-refractivity contribution in [1.82, 2.24) is 10.0 Å². The van der Waals surface area contributed by atoms with Crippen molar-refractivity contribution in [2.75, 3.05) is 6.54 Å². The molecule has 2 N–H and O–H groups in total. The Hall–Kier alpha value is -2.84. The molecule has 0 saturated heterocycles. The van der Waals surface area contributed by atoms with E-state index in [1.807, 2.05) is 6.07 Å². The van der Waals surface area contributed by atoms with Gasteiger partial charge in [-0.2, -0.15) is 0 Å². The molecule has 8 heteroatoms. The number of hydrogen-bond donors (Lipinski definition) is 2. The van der Waals surface area contributed by atoms with Gasteiger partial charge in [-0.25, -0.2) is 13.1 Å². The quantitative estimate of drug-likeness (QED) is 0.630. The number of carbonyl (C=O) groups excluding carboxylic acids is 1. The summed E-state index contributed by atoms with van der Waals surface area (Å²) in [5, 5.41) is 2.76. The van der Waals surface area contributed by atoms with Gasteiger partial charge in [-0.1, -0.05) is 0 Å². The molecule has 2 aromatic heterocycles. The normalized spacial score (nSPS) is 11.4. The Bertz CT molecular complexity index is 930. The zero-order chi connectivity index (χ0) is 18.4. The van der Waals surface area contributed by atoms with Gasteiger partial charge in [0.2, 0.25) is 10.0 Å². The SMILES string of the molecule is O=C(NCCc1ccco1)c1ccc(S(=O)(=O)NCc2ccco2)cc1. The molecular weight excluding hydrogens is 356 g/mol. The van der Waals surface area contributed by atoms with Gasteiger partial charge in [-0.3, -0.25) is 4.79 Å². The average molecular weight is 374 g/mol. The average Bonchev–Trinajstić information content (AvgIpc) is 3.34. The second-order valence-corrected chi connectivity index (χ2v) is 7.28. The summed E-state index contributed by atoms with van der Waals surface area (Å²) in [7, 11) is -3.68. The molecule has 0 aliphatic carbocycles. The van der Waals surface area contributed by atoms with Crippen molar-refractivity contribution in [3.63, 3.8) is 0 Å². The van der Waals surface area contributed by atoms with Gasteiger partial charge in [0.05, 0.1) is 24.0 Å². The van der Waals surface area contributed by atoms with Crippen LogP contribution in [0.2, 0.25) is 0 Å². The van der Waals surface area contributed by atoms with E-state index in [-0.39, 0.29) is 17.3 Å². The Kier molecular flexibility index (Phi) is 5.55. The van der Waals surface area contributed by atoms with Crippen molar-refractivity contribution in [1.29, 1.82) is 0 Å². The van der Waals surface area contributed by atoms with Crippen LogP contribution in [-0.2, 0) is 23.0 Å². The number of carbonyl (C=O) groups is 1. The number of sulfonamides is 1. The highest BCUT2D eigenvalue weighted by Crippen LogP contribution is 2.12. The predicted octanol–water partition coefficient (Wildman–Crippen LogP) is 2.32. The smallest absolute Gasteiger partial charge is 0.251 e. The highest BCUT2D eigenvalue weighted by Gasteiger charge is 2.15. The minimum absolute atomic E-state index is 0.0599. The highest BCUT2D eigenvalue weighted by atomic mass is 32.2. The van der Waals surface area contributed by atoms with Crippen molar-refractivity contribution >= 4 is 15.9 Å². The third-order valence-electron chi connectivity index (χ3n) is 3.68. The van der Waals surface area contributed by atoms with Crippen LogP contribution in [0.4, 0.5) is 0 Å². The molecule has 0 unspecified atom stereocenters. The van der Waals surface area contributed by atoms with E-state index < -0.39 is 10.0 Å². The molecule has 0 spiro atoms. The Morgan fingerprint density at radius 1 is 0.923 bits per heavy atom. The molecule has 1 amide bonds. The van der Waals surface area contributed by atoms with Crippen LogP contribution in [0, 0.1) is 0 Å². The lowest BCUT2D eigenvalue weighted by molar-refractivity contribution is 0.0953. The molecule has 136 valence electrons. The summed E-state index contributed by atoms with van der Waals surface area (Å²) in [5.41, 5.74) is 0.384. The Balaban J connectivity index is 1.55. The monoisotopic (exact) mass is 374 g/mol. The molecule has 3 aromatic rings. The molecule has 0 aliphatic heterocycles. The van der Waals surface area contributed by atoms with E-state index in [0.29, 0.717) is 24.3 Å². The Morgan fingerprint density at radius 2 is 1.58 bits per heavy atom. The summed E-state index contributed by atoms with van der Waals surface area (Å²) >= 11 is 0. The first-order valence-corrected chi connectivity index (χ1v) is 9.45. The lowest BCUT2D eigenvalue weighted by Gasteiger charge is -2.07. The molecule has 1 aromatic carbocycles. The van der Waals surface area contributed by atoms with Gasteiger partial charge in [-0.05, 0) is 48.5 Å². The fourth-order valence-corrected chi connectivity index (χ4v) is 3.30. The van der Waals surface area contributed by atoms with Crippen molar-refractivity contribution in [3.8, 4) is 0 Å². The molecule has 2 heterocycles. The summed E-state index contributed by atoms with van der Waals surface area (Å²) in [5.74, 6) is 1.03. The van der Waals surface area contributed by atoms with Crippen LogP contribution in [0.5, 0.6) is 0 Å². The van der Waals surface area contributed by atoms with E-state index >= 15 is 0 Å². The molecule has 7 nitrogen and oxygen atoms in total. The zero-order valence-electron chi connectivity index (χ0n) is 13.8. The van der Waals surface area contributed by atoms with Crippen LogP contribution in [0.3, 0.4) is 0 Å². The molecule has 0 bridgehead atoms. The van der Waals surface area contributed by atoms with Crippen molar-refractivity contribution in [3.05, 3.63) is 78.1 Å². The molecule has 0 aliphatic rings. The van der Waals surface area contributed by atoms with Crippen LogP contribution in [0.15, 0.2) is 74.8 Å². The minimum Gasteiger partial charge on any atom is -0.469 e. The largest absolute Gasteiger partial charge is 0.469 e. The Morgan fingerprint density at radius 3 is 2.19 bits per heavy atom. The van der Waals surface area contributed by atoms with Crippen LogP contribution in [0.25, 0.3) is 0 Å². The summed E-state index contributed by atoms with van der Waals surface area (Å²) in [6, 6.07) is 12.7. The maximum Gasteiger partial charge on any atom is 0.251 e. The fourth-order valence-electron chi connectivity index (χ4n) is 2.30. The third-order valence-corrected chi connectivity index (χ3v) is 5.10. The van der Waals surface area contributed by atoms with Crippen molar-refractivity contribution in [2.45, 2.75) is 17.9 Å². The first kappa shape index (κ1) is 18.0. The summed E-state index contributed by atoms with van der Waals surface area (Å²) < 4.78 is 37.2. The second kappa shape index (κ2) is 8.03. The first-order chi connectivity index (χ1) is 12.5. The Labute approximate surface area is 151 Å². The molecular formula is C18H18N2O5S. The number of amides is 1. The maximum atomic E-state index is 12.2. The minimum atomic E-state index is -3.68. The lowest BCUT2D eigenvalue weighted by Crippen LogP contribution is -2.26. The zero-order valence-corrected chi connectivity index (χ0v) is 14.7. The van der Waals surface area contributed by atoms with Gasteiger partial charge >= 0.3 is 0 Å². The van der Waals surface area contributed by atoms with E-state index in [1.54, 1.807) is 24.5 Å². The highest BCUT2D eigenvalue weighted by molar-refractivity contribution is 7.89. The van der Waals surface area contributed by atoms with E-state index in [9.17, 15) is 13.2 Å². The van der Waals surface area contributed by atoms with E-state index in [2.05, 4.69) is 10.0 Å². The number of rotatable bonds is 8. The van der Waals surface area contributed by atoms with Crippen molar-refractivity contribution in [2.24, 2.45) is 0 Å². The van der Waals surface area contributed by atoms with Crippen LogP contribution in [0.1, 0.15) is 21.9 Å². The van der Waals surface area contributed by atoms with Gasteiger partial charge < -0.3 is 14.2 Å². The van der Waals surface area contributed by atoms with E-state index in [4.69, 9.17) is 8.83 Å². The van der Waals surface area contributed by atoms with E-state index in [0.717, 1.165) is 5.76 Å². The van der Waals surface area contributed by atoms with Gasteiger partial charge in [0.25, 0.3) is 5.91 Å². The molecule has 0 fully saturated rings. The van der Waals surface area contributed by atoms with Crippen LogP contribution < -0.4 is 10.0 Å². The van der Waals surface area contributed by atoms with Crippen molar-refractivity contribution < 1.29 is 22.0 Å². The number of nitrogens with one attached hydrogen (secondary N) is 2. The number of hydrogen-bond acceptors (Lipinski definition) is 5. The van der Waals surface area contributed by atoms with Gasteiger partial charge in [0, 0.05) is 18.5 Å².